The molecule has 1 aromatic rings. The van der Waals surface area contributed by atoms with Crippen molar-refractivity contribution in [2.75, 3.05) is 26.3 Å². The van der Waals surface area contributed by atoms with Gasteiger partial charge in [0.1, 0.15) is 25.3 Å². The molecule has 5 amide bonds. The van der Waals surface area contributed by atoms with Gasteiger partial charge in [0.15, 0.2) is 11.5 Å². The molecule has 1 fully saturated rings. The van der Waals surface area contributed by atoms with Gasteiger partial charge in [-0.2, -0.15) is 0 Å². The minimum atomic E-state index is -1.35. The number of carbonyl (C=O) groups is 4. The van der Waals surface area contributed by atoms with Crippen LogP contribution in [0.3, 0.4) is 0 Å². The molecule has 0 unspecified atom stereocenters. The fourth-order valence-corrected chi connectivity index (χ4v) is 2.78. The predicted octanol–water partition coefficient (Wildman–Crippen LogP) is -1.17. The third-order valence-electron chi connectivity index (χ3n) is 4.16. The van der Waals surface area contributed by atoms with Crippen LogP contribution in [0.1, 0.15) is 12.5 Å². The highest BCUT2D eigenvalue weighted by Crippen LogP contribution is 2.36. The molecular formula is C16H18N4O6. The summed E-state index contributed by atoms with van der Waals surface area (Å²) in [7, 11) is 0. The van der Waals surface area contributed by atoms with Crippen LogP contribution in [-0.2, 0) is 19.9 Å². The minimum absolute atomic E-state index is 0.373. The van der Waals surface area contributed by atoms with Gasteiger partial charge in [-0.3, -0.25) is 19.3 Å². The Kier molecular flexibility index (Phi) is 4.41. The fourth-order valence-electron chi connectivity index (χ4n) is 2.78. The molecule has 0 aliphatic carbocycles. The van der Waals surface area contributed by atoms with Gasteiger partial charge in [0, 0.05) is 0 Å². The Bertz CT molecular complexity index is 795. The molecule has 138 valence electrons. The summed E-state index contributed by atoms with van der Waals surface area (Å²) in [6.07, 6.45) is 0. The first-order chi connectivity index (χ1) is 12.3. The van der Waals surface area contributed by atoms with Crippen molar-refractivity contribution in [1.82, 2.24) is 15.5 Å². The molecule has 1 atom stereocenters. The zero-order valence-corrected chi connectivity index (χ0v) is 14.0. The number of hydrogen-bond acceptors (Lipinski definition) is 6. The number of hydrogen-bond donors (Lipinski definition) is 3. The van der Waals surface area contributed by atoms with Crippen molar-refractivity contribution >= 4 is 23.8 Å². The molecular weight excluding hydrogens is 344 g/mol. The third kappa shape index (κ3) is 3.13. The summed E-state index contributed by atoms with van der Waals surface area (Å²) in [5.41, 5.74) is 4.09. The lowest BCUT2D eigenvalue weighted by Gasteiger charge is -2.25. The highest BCUT2D eigenvalue weighted by atomic mass is 16.6. The summed E-state index contributed by atoms with van der Waals surface area (Å²) in [6.45, 7) is 1.48. The minimum Gasteiger partial charge on any atom is -0.486 e. The predicted molar refractivity (Wildman–Crippen MR) is 87.2 cm³/mol. The maximum absolute atomic E-state index is 12.8. The number of primary amides is 1. The van der Waals surface area contributed by atoms with Crippen LogP contribution < -0.4 is 25.8 Å². The van der Waals surface area contributed by atoms with Crippen molar-refractivity contribution in [2.45, 2.75) is 12.5 Å². The van der Waals surface area contributed by atoms with Gasteiger partial charge in [-0.1, -0.05) is 6.07 Å². The van der Waals surface area contributed by atoms with Crippen molar-refractivity contribution in [3.05, 3.63) is 23.8 Å². The molecule has 0 spiro atoms. The number of benzene rings is 1. The number of carbonyl (C=O) groups excluding carboxylic acids is 4. The maximum Gasteiger partial charge on any atom is 0.325 e. The van der Waals surface area contributed by atoms with E-state index >= 15 is 0 Å². The lowest BCUT2D eigenvalue weighted by atomic mass is 9.91. The van der Waals surface area contributed by atoms with Crippen molar-refractivity contribution in [3.8, 4) is 11.5 Å². The number of imide groups is 1. The quantitative estimate of drug-likeness (QED) is 0.564. The molecule has 1 saturated heterocycles. The Morgan fingerprint density at radius 1 is 1.27 bits per heavy atom. The molecule has 0 saturated carbocycles. The zero-order valence-electron chi connectivity index (χ0n) is 14.0. The van der Waals surface area contributed by atoms with Crippen molar-refractivity contribution in [1.29, 1.82) is 0 Å². The first kappa shape index (κ1) is 17.5. The Hall–Kier alpha value is -3.30. The largest absolute Gasteiger partial charge is 0.486 e. The van der Waals surface area contributed by atoms with E-state index < -0.39 is 35.8 Å². The highest BCUT2D eigenvalue weighted by molar-refractivity contribution is 6.09. The average Bonchev–Trinajstić information content (AvgIpc) is 2.83. The second-order valence-electron chi connectivity index (χ2n) is 6.05. The van der Waals surface area contributed by atoms with E-state index in [0.717, 1.165) is 4.90 Å². The molecule has 10 heteroatoms. The SMILES string of the molecule is C[C@]1(c2ccc3c(c2)OCCO3)NC(=O)N(CC(=O)NCC(N)=O)C1=O. The van der Waals surface area contributed by atoms with Gasteiger partial charge in [0.25, 0.3) is 5.91 Å². The molecule has 2 aliphatic heterocycles. The maximum atomic E-state index is 12.8. The van der Waals surface area contributed by atoms with Gasteiger partial charge in [0.2, 0.25) is 11.8 Å². The van der Waals surface area contributed by atoms with Crippen LogP contribution in [-0.4, -0.2) is 55.0 Å². The molecule has 0 bridgehead atoms. The summed E-state index contributed by atoms with van der Waals surface area (Å²) in [6, 6.07) is 4.24. The van der Waals surface area contributed by atoms with E-state index in [4.69, 9.17) is 15.2 Å². The number of amides is 5. The molecule has 2 heterocycles. The van der Waals surface area contributed by atoms with Crippen LogP contribution >= 0.6 is 0 Å². The average molecular weight is 362 g/mol. The van der Waals surface area contributed by atoms with Gasteiger partial charge in [0.05, 0.1) is 6.54 Å². The van der Waals surface area contributed by atoms with E-state index in [-0.39, 0.29) is 6.54 Å². The zero-order chi connectivity index (χ0) is 18.9. The van der Waals surface area contributed by atoms with Crippen molar-refractivity contribution in [2.24, 2.45) is 5.73 Å². The van der Waals surface area contributed by atoms with E-state index in [0.29, 0.717) is 30.3 Å². The normalized spacial score (nSPS) is 21.3. The second kappa shape index (κ2) is 6.54. The van der Waals surface area contributed by atoms with Gasteiger partial charge in [-0.05, 0) is 24.6 Å². The van der Waals surface area contributed by atoms with Crippen LogP contribution in [0.4, 0.5) is 4.79 Å². The van der Waals surface area contributed by atoms with Gasteiger partial charge in [-0.15, -0.1) is 0 Å². The number of fused-ring (bicyclic) bond motifs is 1. The van der Waals surface area contributed by atoms with Crippen LogP contribution in [0.2, 0.25) is 0 Å². The number of nitrogens with zero attached hydrogens (tertiary/aromatic N) is 1. The fraction of sp³-hybridized carbons (Fsp3) is 0.375. The smallest absolute Gasteiger partial charge is 0.325 e. The Balaban J connectivity index is 1.78. The summed E-state index contributed by atoms with van der Waals surface area (Å²) in [4.78, 5) is 48.3. The standard InChI is InChI=1S/C16H18N4O6/c1-16(9-2-3-10-11(6-9)26-5-4-25-10)14(23)20(15(24)19-16)8-13(22)18-7-12(17)21/h2-3,6H,4-5,7-8H2,1H3,(H2,17,21)(H,18,22)(H,19,24)/t16-/m1/s1. The Morgan fingerprint density at radius 3 is 2.65 bits per heavy atom. The summed E-state index contributed by atoms with van der Waals surface area (Å²) >= 11 is 0. The number of urea groups is 1. The van der Waals surface area contributed by atoms with Gasteiger partial charge in [-0.25, -0.2) is 4.79 Å². The van der Waals surface area contributed by atoms with Crippen LogP contribution in [0.5, 0.6) is 11.5 Å². The molecule has 0 aromatic heterocycles. The number of ether oxygens (including phenoxy) is 2. The first-order valence-corrected chi connectivity index (χ1v) is 7.90. The molecule has 2 aliphatic rings. The lowest BCUT2D eigenvalue weighted by Crippen LogP contribution is -2.44. The molecule has 0 radical (unpaired) electrons. The summed E-state index contributed by atoms with van der Waals surface area (Å²) in [5, 5.41) is 4.83. The van der Waals surface area contributed by atoms with Crippen LogP contribution in [0, 0.1) is 0 Å². The Labute approximate surface area is 148 Å². The monoisotopic (exact) mass is 362 g/mol. The summed E-state index contributed by atoms with van der Waals surface area (Å²) in [5.74, 6) is -0.943. The van der Waals surface area contributed by atoms with Crippen molar-refractivity contribution < 1.29 is 28.7 Å². The van der Waals surface area contributed by atoms with Crippen molar-refractivity contribution in [3.63, 3.8) is 0 Å². The van der Waals surface area contributed by atoms with Gasteiger partial charge >= 0.3 is 6.03 Å². The topological polar surface area (TPSA) is 140 Å². The molecule has 1 aromatic carbocycles. The van der Waals surface area contributed by atoms with E-state index in [9.17, 15) is 19.2 Å². The molecule has 26 heavy (non-hydrogen) atoms. The number of nitrogens with one attached hydrogen (secondary N) is 2. The number of rotatable bonds is 5. The lowest BCUT2D eigenvalue weighted by molar-refractivity contribution is -0.135. The van der Waals surface area contributed by atoms with Crippen LogP contribution in [0.15, 0.2) is 18.2 Å². The highest BCUT2D eigenvalue weighted by Gasteiger charge is 2.49. The van der Waals surface area contributed by atoms with Crippen LogP contribution in [0.25, 0.3) is 0 Å². The molecule has 4 N–H and O–H groups in total. The van der Waals surface area contributed by atoms with Gasteiger partial charge < -0.3 is 25.8 Å². The van der Waals surface area contributed by atoms with E-state index in [1.165, 1.54) is 0 Å². The molecule has 10 nitrogen and oxygen atoms in total. The van der Waals surface area contributed by atoms with E-state index in [1.807, 2.05) is 0 Å². The Morgan fingerprint density at radius 2 is 1.96 bits per heavy atom. The third-order valence-corrected chi connectivity index (χ3v) is 4.16. The first-order valence-electron chi connectivity index (χ1n) is 7.90. The summed E-state index contributed by atoms with van der Waals surface area (Å²) < 4.78 is 10.9. The molecule has 3 rings (SSSR count). The van der Waals surface area contributed by atoms with E-state index in [2.05, 4.69) is 10.6 Å². The van der Waals surface area contributed by atoms with E-state index in [1.54, 1.807) is 25.1 Å². The second-order valence-corrected chi connectivity index (χ2v) is 6.05. The number of nitrogens with two attached hydrogens (primary N) is 1.